The van der Waals surface area contributed by atoms with Crippen molar-refractivity contribution in [2.75, 3.05) is 0 Å². The highest BCUT2D eigenvalue weighted by Gasteiger charge is 2.04. The third kappa shape index (κ3) is 12.2. The van der Waals surface area contributed by atoms with Crippen molar-refractivity contribution >= 4 is 23.9 Å². The molecule has 0 amide bonds. The van der Waals surface area contributed by atoms with Crippen LogP contribution in [0.4, 0.5) is 0 Å². The Bertz CT molecular complexity index is 526. The third-order valence-corrected chi connectivity index (χ3v) is 3.16. The third-order valence-electron chi connectivity index (χ3n) is 3.16. The van der Waals surface area contributed by atoms with E-state index in [1.54, 1.807) is 0 Å². The SMILES string of the molecule is O=C(O)CCCCCCCC(=O)O.O=C(O)c1ccc(C(=O)O)cc1. The van der Waals surface area contributed by atoms with Crippen LogP contribution in [0.25, 0.3) is 0 Å². The van der Waals surface area contributed by atoms with Crippen molar-refractivity contribution in [1.82, 2.24) is 0 Å². The Morgan fingerprint density at radius 2 is 0.840 bits per heavy atom. The van der Waals surface area contributed by atoms with Gasteiger partial charge in [-0.3, -0.25) is 9.59 Å². The van der Waals surface area contributed by atoms with E-state index in [-0.39, 0.29) is 24.0 Å². The van der Waals surface area contributed by atoms with E-state index in [2.05, 4.69) is 0 Å². The molecule has 0 aliphatic heterocycles. The zero-order chi connectivity index (χ0) is 19.2. The monoisotopic (exact) mass is 354 g/mol. The summed E-state index contributed by atoms with van der Waals surface area (Å²) in [5.41, 5.74) is 0.167. The van der Waals surface area contributed by atoms with E-state index < -0.39 is 23.9 Å². The molecule has 0 radical (unpaired) electrons. The number of hydrogen-bond acceptors (Lipinski definition) is 4. The molecule has 0 bridgehead atoms. The Labute approximate surface area is 144 Å². The lowest BCUT2D eigenvalue weighted by molar-refractivity contribution is -0.138. The molecule has 0 aromatic heterocycles. The molecule has 1 rings (SSSR count). The number of carbonyl (C=O) groups is 4. The average molecular weight is 354 g/mol. The highest BCUT2D eigenvalue weighted by molar-refractivity contribution is 5.91. The van der Waals surface area contributed by atoms with Crippen LogP contribution in [0.2, 0.25) is 0 Å². The van der Waals surface area contributed by atoms with Crippen LogP contribution < -0.4 is 0 Å². The Hall–Kier alpha value is -2.90. The van der Waals surface area contributed by atoms with Gasteiger partial charge in [0.1, 0.15) is 0 Å². The maximum atomic E-state index is 10.3. The lowest BCUT2D eigenvalue weighted by Gasteiger charge is -1.97. The van der Waals surface area contributed by atoms with Crippen LogP contribution in [0.3, 0.4) is 0 Å². The summed E-state index contributed by atoms with van der Waals surface area (Å²) in [5.74, 6) is -3.64. The van der Waals surface area contributed by atoms with Gasteiger partial charge < -0.3 is 20.4 Å². The molecule has 4 N–H and O–H groups in total. The van der Waals surface area contributed by atoms with E-state index in [4.69, 9.17) is 20.4 Å². The lowest BCUT2D eigenvalue weighted by Crippen LogP contribution is -1.99. The van der Waals surface area contributed by atoms with Gasteiger partial charge in [0.15, 0.2) is 0 Å². The van der Waals surface area contributed by atoms with Crippen LogP contribution in [0.1, 0.15) is 65.7 Å². The summed E-state index contributed by atoms with van der Waals surface area (Å²) < 4.78 is 0. The van der Waals surface area contributed by atoms with Crippen molar-refractivity contribution in [3.05, 3.63) is 35.4 Å². The number of aliphatic carboxylic acids is 2. The van der Waals surface area contributed by atoms with E-state index in [0.29, 0.717) is 12.8 Å². The lowest BCUT2D eigenvalue weighted by atomic mass is 10.1. The van der Waals surface area contributed by atoms with E-state index >= 15 is 0 Å². The summed E-state index contributed by atoms with van der Waals surface area (Å²) in [5, 5.41) is 33.6. The molecule has 1 aromatic rings. The molecule has 25 heavy (non-hydrogen) atoms. The molecule has 138 valence electrons. The first-order valence-corrected chi connectivity index (χ1v) is 7.74. The summed E-state index contributed by atoms with van der Waals surface area (Å²) in [6, 6.07) is 5.02. The van der Waals surface area contributed by atoms with Crippen LogP contribution in [0.15, 0.2) is 24.3 Å². The fourth-order valence-corrected chi connectivity index (χ4v) is 1.84. The summed E-state index contributed by atoms with van der Waals surface area (Å²) in [4.78, 5) is 40.9. The van der Waals surface area contributed by atoms with E-state index in [1.807, 2.05) is 0 Å². The van der Waals surface area contributed by atoms with Gasteiger partial charge in [-0.25, -0.2) is 9.59 Å². The van der Waals surface area contributed by atoms with Crippen LogP contribution >= 0.6 is 0 Å². The largest absolute Gasteiger partial charge is 0.481 e. The number of unbranched alkanes of at least 4 members (excludes halogenated alkanes) is 4. The molecule has 0 aliphatic rings. The Kier molecular flexibility index (Phi) is 11.1. The molecule has 0 spiro atoms. The van der Waals surface area contributed by atoms with E-state index in [0.717, 1.165) is 19.3 Å². The second-order valence-electron chi connectivity index (χ2n) is 5.24. The smallest absolute Gasteiger partial charge is 0.335 e. The topological polar surface area (TPSA) is 149 Å². The number of hydrogen-bond donors (Lipinski definition) is 4. The number of carboxylic acid groups (broad SMARTS) is 4. The zero-order valence-electron chi connectivity index (χ0n) is 13.7. The van der Waals surface area contributed by atoms with Crippen LogP contribution in [0, 0.1) is 0 Å². The minimum absolute atomic E-state index is 0.0833. The summed E-state index contributed by atoms with van der Waals surface area (Å²) in [7, 11) is 0. The minimum Gasteiger partial charge on any atom is -0.481 e. The Balaban J connectivity index is 0.000000462. The van der Waals surface area contributed by atoms with Gasteiger partial charge >= 0.3 is 23.9 Å². The number of carboxylic acids is 4. The number of rotatable bonds is 10. The van der Waals surface area contributed by atoms with Gasteiger partial charge in [-0.05, 0) is 37.1 Å². The zero-order valence-corrected chi connectivity index (χ0v) is 13.7. The predicted molar refractivity (Wildman–Crippen MR) is 88.0 cm³/mol. The fourth-order valence-electron chi connectivity index (χ4n) is 1.84. The van der Waals surface area contributed by atoms with Gasteiger partial charge in [-0.1, -0.05) is 19.3 Å². The Morgan fingerprint density at radius 3 is 1.08 bits per heavy atom. The molecule has 1 aromatic carbocycles. The second-order valence-corrected chi connectivity index (χ2v) is 5.24. The second kappa shape index (κ2) is 12.5. The molecule has 0 heterocycles. The highest BCUT2D eigenvalue weighted by Crippen LogP contribution is 2.07. The summed E-state index contributed by atoms with van der Waals surface area (Å²) >= 11 is 0. The van der Waals surface area contributed by atoms with Gasteiger partial charge in [0.25, 0.3) is 0 Å². The van der Waals surface area contributed by atoms with E-state index in [1.165, 1.54) is 24.3 Å². The van der Waals surface area contributed by atoms with Crippen molar-refractivity contribution in [1.29, 1.82) is 0 Å². The molecule has 0 fully saturated rings. The fraction of sp³-hybridized carbons (Fsp3) is 0.412. The maximum Gasteiger partial charge on any atom is 0.335 e. The van der Waals surface area contributed by atoms with E-state index in [9.17, 15) is 19.2 Å². The molecule has 0 saturated heterocycles. The maximum absolute atomic E-state index is 10.3. The first-order valence-electron chi connectivity index (χ1n) is 7.74. The average Bonchev–Trinajstić information content (AvgIpc) is 2.54. The van der Waals surface area contributed by atoms with Gasteiger partial charge in [0.05, 0.1) is 11.1 Å². The van der Waals surface area contributed by atoms with Crippen molar-refractivity contribution < 1.29 is 39.6 Å². The molecule has 0 saturated carbocycles. The van der Waals surface area contributed by atoms with Crippen LogP contribution in [-0.2, 0) is 9.59 Å². The first-order chi connectivity index (χ1) is 11.7. The molecular weight excluding hydrogens is 332 g/mol. The van der Waals surface area contributed by atoms with Crippen molar-refractivity contribution in [2.45, 2.75) is 44.9 Å². The van der Waals surface area contributed by atoms with Gasteiger partial charge in [0.2, 0.25) is 0 Å². The minimum atomic E-state index is -1.06. The first kappa shape index (κ1) is 22.1. The van der Waals surface area contributed by atoms with Crippen molar-refractivity contribution in [3.63, 3.8) is 0 Å². The van der Waals surface area contributed by atoms with Crippen LogP contribution in [0.5, 0.6) is 0 Å². The standard InChI is InChI=1S/C9H16O4.C8H6O4/c10-8(11)6-4-2-1-3-5-7-9(12)13;9-7(10)5-1-2-6(4-3-5)8(11)12/h1-7H2,(H,10,11)(H,12,13);1-4H,(H,9,10)(H,11,12). The summed E-state index contributed by atoms with van der Waals surface area (Å²) in [6.07, 6.45) is 4.53. The molecule has 8 nitrogen and oxygen atoms in total. The quantitative estimate of drug-likeness (QED) is 0.468. The number of aromatic carboxylic acids is 2. The predicted octanol–water partition coefficient (Wildman–Crippen LogP) is 2.97. The number of benzene rings is 1. The molecule has 8 heteroatoms. The van der Waals surface area contributed by atoms with Gasteiger partial charge in [0, 0.05) is 12.8 Å². The molecule has 0 unspecified atom stereocenters. The van der Waals surface area contributed by atoms with Crippen molar-refractivity contribution in [2.24, 2.45) is 0 Å². The van der Waals surface area contributed by atoms with Gasteiger partial charge in [-0.15, -0.1) is 0 Å². The molecule has 0 aliphatic carbocycles. The van der Waals surface area contributed by atoms with Crippen LogP contribution in [-0.4, -0.2) is 44.3 Å². The highest BCUT2D eigenvalue weighted by atomic mass is 16.4. The van der Waals surface area contributed by atoms with Gasteiger partial charge in [-0.2, -0.15) is 0 Å². The normalized spacial score (nSPS) is 9.60. The van der Waals surface area contributed by atoms with Crippen molar-refractivity contribution in [3.8, 4) is 0 Å². The Morgan fingerprint density at radius 1 is 0.560 bits per heavy atom. The molecule has 0 atom stereocenters. The molecular formula is C17H22O8. The summed E-state index contributed by atoms with van der Waals surface area (Å²) in [6.45, 7) is 0.